The largest absolute Gasteiger partial charge is 0.228 e. The number of hydrogen-bond donors (Lipinski definition) is 0. The SMILES string of the molecule is FC=CCN=C=S. The summed E-state index contributed by atoms with van der Waals surface area (Å²) in [5, 5.41) is 2.09. The molecule has 0 rings (SSSR count). The van der Waals surface area contributed by atoms with Gasteiger partial charge in [0, 0.05) is 0 Å². The van der Waals surface area contributed by atoms with E-state index in [0.717, 1.165) is 0 Å². The lowest BCUT2D eigenvalue weighted by Crippen LogP contribution is -1.64. The van der Waals surface area contributed by atoms with Crippen LogP contribution in [-0.4, -0.2) is 11.7 Å². The Labute approximate surface area is 46.6 Å². The second kappa shape index (κ2) is 5.47. The van der Waals surface area contributed by atoms with E-state index in [4.69, 9.17) is 0 Å². The Hall–Kier alpha value is -0.530. The molecule has 0 aromatic heterocycles. The maximum absolute atomic E-state index is 11.0. The van der Waals surface area contributed by atoms with Crippen molar-refractivity contribution in [2.45, 2.75) is 0 Å². The molecule has 0 aliphatic heterocycles. The van der Waals surface area contributed by atoms with Crippen LogP contribution >= 0.6 is 12.2 Å². The van der Waals surface area contributed by atoms with Gasteiger partial charge >= 0.3 is 0 Å². The van der Waals surface area contributed by atoms with E-state index in [1.807, 2.05) is 0 Å². The van der Waals surface area contributed by atoms with E-state index in [-0.39, 0.29) is 0 Å². The number of halogens is 1. The molecule has 0 radical (unpaired) electrons. The molecule has 0 aliphatic carbocycles. The van der Waals surface area contributed by atoms with E-state index in [9.17, 15) is 4.39 Å². The number of rotatable bonds is 2. The third kappa shape index (κ3) is 5.47. The van der Waals surface area contributed by atoms with Crippen LogP contribution in [0, 0.1) is 0 Å². The molecule has 0 unspecified atom stereocenters. The Kier molecular flexibility index (Phi) is 5.06. The molecule has 0 atom stereocenters. The summed E-state index contributed by atoms with van der Waals surface area (Å²) in [5.74, 6) is 0. The smallest absolute Gasteiger partial charge is 0.0845 e. The van der Waals surface area contributed by atoms with Crippen LogP contribution in [0.1, 0.15) is 0 Å². The second-order valence-electron chi connectivity index (χ2n) is 0.794. The van der Waals surface area contributed by atoms with Crippen molar-refractivity contribution in [2.75, 3.05) is 6.54 Å². The zero-order valence-electron chi connectivity index (χ0n) is 3.60. The summed E-state index contributed by atoms with van der Waals surface area (Å²) >= 11 is 4.19. The Bertz CT molecular complexity index is 104. The predicted octanol–water partition coefficient (Wildman–Crippen LogP) is 1.57. The first kappa shape index (κ1) is 6.47. The molecule has 38 valence electrons. The van der Waals surface area contributed by atoms with E-state index >= 15 is 0 Å². The molecule has 0 heterocycles. The monoisotopic (exact) mass is 117 g/mol. The molecule has 0 amide bonds. The fourth-order valence-corrected chi connectivity index (χ4v) is 0.204. The first-order valence-electron chi connectivity index (χ1n) is 1.70. The number of thiocarbonyl (C=S) groups is 1. The molecule has 1 nitrogen and oxygen atoms in total. The van der Waals surface area contributed by atoms with Gasteiger partial charge in [-0.1, -0.05) is 0 Å². The van der Waals surface area contributed by atoms with E-state index in [2.05, 4.69) is 22.4 Å². The molecule has 0 N–H and O–H groups in total. The van der Waals surface area contributed by atoms with Crippen molar-refractivity contribution in [3.8, 4) is 0 Å². The molecule has 0 saturated carbocycles. The quantitative estimate of drug-likeness (QED) is 0.395. The highest BCUT2D eigenvalue weighted by molar-refractivity contribution is 7.78. The molecule has 0 aromatic carbocycles. The zero-order chi connectivity index (χ0) is 5.54. The van der Waals surface area contributed by atoms with Crippen LogP contribution in [-0.2, 0) is 0 Å². The van der Waals surface area contributed by atoms with Crippen molar-refractivity contribution < 1.29 is 4.39 Å². The molecule has 0 aliphatic rings. The molecule has 0 bridgehead atoms. The summed E-state index contributed by atoms with van der Waals surface area (Å²) in [4.78, 5) is 3.40. The molecule has 0 saturated heterocycles. The van der Waals surface area contributed by atoms with E-state index in [0.29, 0.717) is 12.9 Å². The van der Waals surface area contributed by atoms with Crippen LogP contribution in [0.2, 0.25) is 0 Å². The van der Waals surface area contributed by atoms with Gasteiger partial charge in [0.2, 0.25) is 0 Å². The summed E-state index contributed by atoms with van der Waals surface area (Å²) < 4.78 is 11.0. The Balaban J connectivity index is 3.15. The van der Waals surface area contributed by atoms with Crippen molar-refractivity contribution in [3.05, 3.63) is 12.4 Å². The van der Waals surface area contributed by atoms with Crippen LogP contribution in [0.5, 0.6) is 0 Å². The summed E-state index contributed by atoms with van der Waals surface area (Å²) in [6, 6.07) is 0. The van der Waals surface area contributed by atoms with E-state index < -0.39 is 0 Å². The zero-order valence-corrected chi connectivity index (χ0v) is 4.41. The fourth-order valence-electron chi connectivity index (χ4n) is 0.130. The van der Waals surface area contributed by atoms with Gasteiger partial charge in [-0.3, -0.25) is 0 Å². The van der Waals surface area contributed by atoms with E-state index in [1.54, 1.807) is 0 Å². The number of aliphatic imine (C=N–C) groups is 1. The average Bonchev–Trinajstić information content (AvgIpc) is 1.69. The molecule has 0 aromatic rings. The average molecular weight is 117 g/mol. The van der Waals surface area contributed by atoms with Crippen LogP contribution in [0.4, 0.5) is 4.39 Å². The third-order valence-corrected chi connectivity index (χ3v) is 0.479. The van der Waals surface area contributed by atoms with Crippen molar-refractivity contribution in [3.63, 3.8) is 0 Å². The minimum atomic E-state index is 0.292. The summed E-state index contributed by atoms with van der Waals surface area (Å²) in [5.41, 5.74) is 0. The van der Waals surface area contributed by atoms with Gasteiger partial charge in [-0.15, -0.1) is 0 Å². The highest BCUT2D eigenvalue weighted by atomic mass is 32.1. The van der Waals surface area contributed by atoms with Crippen molar-refractivity contribution in [1.82, 2.24) is 0 Å². The Morgan fingerprint density at radius 2 is 2.57 bits per heavy atom. The molecule has 0 fully saturated rings. The normalized spacial score (nSPS) is 8.71. The van der Waals surface area contributed by atoms with Gasteiger partial charge < -0.3 is 0 Å². The highest BCUT2D eigenvalue weighted by Crippen LogP contribution is 1.72. The summed E-state index contributed by atoms with van der Waals surface area (Å²) in [7, 11) is 0. The third-order valence-electron chi connectivity index (χ3n) is 0.350. The molecular formula is C4H4FNS. The number of hydrogen-bond acceptors (Lipinski definition) is 2. The number of isothiocyanates is 1. The van der Waals surface area contributed by atoms with Crippen molar-refractivity contribution >= 4 is 17.4 Å². The van der Waals surface area contributed by atoms with Crippen LogP contribution in [0.15, 0.2) is 17.4 Å². The van der Waals surface area contributed by atoms with E-state index in [1.165, 1.54) is 6.08 Å². The molecule has 3 heteroatoms. The van der Waals surface area contributed by atoms with Gasteiger partial charge in [-0.2, -0.15) is 0 Å². The predicted molar refractivity (Wildman–Crippen MR) is 30.1 cm³/mol. The van der Waals surface area contributed by atoms with Crippen LogP contribution in [0.25, 0.3) is 0 Å². The lowest BCUT2D eigenvalue weighted by molar-refractivity contribution is 0.717. The topological polar surface area (TPSA) is 12.4 Å². The molecule has 0 spiro atoms. The van der Waals surface area contributed by atoms with Gasteiger partial charge in [0.15, 0.2) is 0 Å². The standard InChI is InChI=1S/C4H4FNS/c5-2-1-3-6-4-7/h1-2H,3H2. The van der Waals surface area contributed by atoms with Crippen molar-refractivity contribution in [1.29, 1.82) is 0 Å². The molecule has 7 heavy (non-hydrogen) atoms. The number of nitrogens with zero attached hydrogens (tertiary/aromatic N) is 1. The van der Waals surface area contributed by atoms with Crippen molar-refractivity contribution in [2.24, 2.45) is 4.99 Å². The van der Waals surface area contributed by atoms with Gasteiger partial charge in [0.25, 0.3) is 0 Å². The van der Waals surface area contributed by atoms with Crippen LogP contribution < -0.4 is 0 Å². The molecular weight excluding hydrogens is 113 g/mol. The Morgan fingerprint density at radius 1 is 1.86 bits per heavy atom. The lowest BCUT2D eigenvalue weighted by atomic mass is 10.6. The summed E-state index contributed by atoms with van der Waals surface area (Å²) in [6.07, 6.45) is 1.68. The highest BCUT2D eigenvalue weighted by Gasteiger charge is 1.63. The maximum atomic E-state index is 11.0. The lowest BCUT2D eigenvalue weighted by Gasteiger charge is -1.68. The minimum absolute atomic E-state index is 0.292. The Morgan fingerprint density at radius 3 is 3.00 bits per heavy atom. The van der Waals surface area contributed by atoms with Gasteiger partial charge in [0.05, 0.1) is 18.0 Å². The van der Waals surface area contributed by atoms with Gasteiger partial charge in [0.1, 0.15) is 0 Å². The minimum Gasteiger partial charge on any atom is -0.228 e. The van der Waals surface area contributed by atoms with Gasteiger partial charge in [-0.25, -0.2) is 9.38 Å². The first-order chi connectivity index (χ1) is 3.41. The second-order valence-corrected chi connectivity index (χ2v) is 0.976. The first-order valence-corrected chi connectivity index (χ1v) is 2.11. The summed E-state index contributed by atoms with van der Waals surface area (Å²) in [6.45, 7) is 0.292. The fraction of sp³-hybridized carbons (Fsp3) is 0.250. The maximum Gasteiger partial charge on any atom is 0.0845 e. The van der Waals surface area contributed by atoms with Crippen LogP contribution in [0.3, 0.4) is 0 Å². The van der Waals surface area contributed by atoms with Gasteiger partial charge in [-0.05, 0) is 18.3 Å².